The van der Waals surface area contributed by atoms with Gasteiger partial charge in [-0.15, -0.1) is 0 Å². The standard InChI is InChI=1S/C18H22N4O2S/c1-21(15-9-12-25(23,24)13-15)18-19-10-8-17(20-18)22-11-4-6-14-5-2-3-7-16(14)22/h2-3,5,7-8,10,15H,4,6,9,11-13H2,1H3. The molecule has 1 aromatic carbocycles. The fourth-order valence-electron chi connectivity index (χ4n) is 3.68. The number of rotatable bonds is 3. The van der Waals surface area contributed by atoms with Gasteiger partial charge in [-0.1, -0.05) is 18.2 Å². The first-order valence-electron chi connectivity index (χ1n) is 8.65. The summed E-state index contributed by atoms with van der Waals surface area (Å²) in [6.07, 6.45) is 4.57. The molecule has 2 aromatic rings. The topological polar surface area (TPSA) is 66.4 Å². The van der Waals surface area contributed by atoms with Crippen molar-refractivity contribution in [3.63, 3.8) is 0 Å². The van der Waals surface area contributed by atoms with Crippen molar-refractivity contribution in [2.75, 3.05) is 34.9 Å². The summed E-state index contributed by atoms with van der Waals surface area (Å²) in [6.45, 7) is 0.926. The molecule has 7 heteroatoms. The first-order valence-corrected chi connectivity index (χ1v) is 10.5. The Kier molecular flexibility index (Phi) is 4.11. The molecule has 0 amide bonds. The fraction of sp³-hybridized carbons (Fsp3) is 0.444. The summed E-state index contributed by atoms with van der Waals surface area (Å²) < 4.78 is 23.5. The maximum atomic E-state index is 11.8. The molecule has 0 bridgehead atoms. The van der Waals surface area contributed by atoms with Crippen molar-refractivity contribution >= 4 is 27.3 Å². The number of sulfone groups is 1. The minimum Gasteiger partial charge on any atom is -0.340 e. The van der Waals surface area contributed by atoms with Crippen molar-refractivity contribution in [3.8, 4) is 0 Å². The summed E-state index contributed by atoms with van der Waals surface area (Å²) >= 11 is 0. The molecule has 25 heavy (non-hydrogen) atoms. The zero-order valence-corrected chi connectivity index (χ0v) is 15.1. The maximum Gasteiger partial charge on any atom is 0.227 e. The lowest BCUT2D eigenvalue weighted by atomic mass is 10.0. The van der Waals surface area contributed by atoms with Crippen molar-refractivity contribution in [1.82, 2.24) is 9.97 Å². The first kappa shape index (κ1) is 16.3. The first-order chi connectivity index (χ1) is 12.0. The SMILES string of the molecule is CN(c1nccc(N2CCCc3ccccc32)n1)C1CCS(=O)(=O)C1. The van der Waals surface area contributed by atoms with Crippen molar-refractivity contribution < 1.29 is 8.42 Å². The third kappa shape index (κ3) is 3.20. The van der Waals surface area contributed by atoms with Crippen LogP contribution in [0.25, 0.3) is 0 Å². The quantitative estimate of drug-likeness (QED) is 0.838. The summed E-state index contributed by atoms with van der Waals surface area (Å²) in [6, 6.07) is 10.3. The van der Waals surface area contributed by atoms with Gasteiger partial charge >= 0.3 is 0 Å². The summed E-state index contributed by atoms with van der Waals surface area (Å²) in [5.74, 6) is 1.89. The Hall–Kier alpha value is -2.15. The van der Waals surface area contributed by atoms with Gasteiger partial charge in [-0.25, -0.2) is 13.4 Å². The number of hydrogen-bond acceptors (Lipinski definition) is 6. The number of anilines is 3. The largest absolute Gasteiger partial charge is 0.340 e. The average Bonchev–Trinajstić information content (AvgIpc) is 3.00. The van der Waals surface area contributed by atoms with Crippen LogP contribution in [0.1, 0.15) is 18.4 Å². The number of para-hydroxylation sites is 1. The number of hydrogen-bond donors (Lipinski definition) is 0. The number of fused-ring (bicyclic) bond motifs is 1. The highest BCUT2D eigenvalue weighted by Crippen LogP contribution is 2.32. The molecule has 1 saturated heterocycles. The van der Waals surface area contributed by atoms with Crippen LogP contribution in [0.3, 0.4) is 0 Å². The Morgan fingerprint density at radius 3 is 2.88 bits per heavy atom. The smallest absolute Gasteiger partial charge is 0.227 e. The van der Waals surface area contributed by atoms with E-state index < -0.39 is 9.84 Å². The van der Waals surface area contributed by atoms with Gasteiger partial charge in [0.1, 0.15) is 5.82 Å². The molecule has 0 spiro atoms. The van der Waals surface area contributed by atoms with Crippen molar-refractivity contribution in [3.05, 3.63) is 42.1 Å². The minimum absolute atomic E-state index is 0.0473. The van der Waals surface area contributed by atoms with Gasteiger partial charge in [-0.2, -0.15) is 4.98 Å². The Morgan fingerprint density at radius 2 is 2.08 bits per heavy atom. The van der Waals surface area contributed by atoms with Gasteiger partial charge in [-0.3, -0.25) is 0 Å². The zero-order chi connectivity index (χ0) is 17.4. The molecule has 4 rings (SSSR count). The van der Waals surface area contributed by atoms with E-state index >= 15 is 0 Å². The summed E-state index contributed by atoms with van der Waals surface area (Å²) in [5.41, 5.74) is 2.54. The van der Waals surface area contributed by atoms with E-state index in [9.17, 15) is 8.42 Å². The second kappa shape index (κ2) is 6.29. The maximum absolute atomic E-state index is 11.8. The zero-order valence-electron chi connectivity index (χ0n) is 14.3. The monoisotopic (exact) mass is 358 g/mol. The molecular weight excluding hydrogens is 336 g/mol. The van der Waals surface area contributed by atoms with Crippen molar-refractivity contribution in [1.29, 1.82) is 0 Å². The molecule has 0 radical (unpaired) electrons. The van der Waals surface area contributed by atoms with E-state index in [1.54, 1.807) is 6.20 Å². The van der Waals surface area contributed by atoms with Crippen LogP contribution in [0.5, 0.6) is 0 Å². The van der Waals surface area contributed by atoms with E-state index in [0.717, 1.165) is 25.2 Å². The number of nitrogens with zero attached hydrogens (tertiary/aromatic N) is 4. The van der Waals surface area contributed by atoms with E-state index in [4.69, 9.17) is 4.98 Å². The average molecular weight is 358 g/mol. The molecule has 6 nitrogen and oxygen atoms in total. The van der Waals surface area contributed by atoms with Gasteiger partial charge in [0.25, 0.3) is 0 Å². The summed E-state index contributed by atoms with van der Waals surface area (Å²) in [5, 5.41) is 0. The predicted octanol–water partition coefficient (Wildman–Crippen LogP) is 2.18. The lowest BCUT2D eigenvalue weighted by Gasteiger charge is -2.31. The third-order valence-electron chi connectivity index (χ3n) is 5.09. The van der Waals surface area contributed by atoms with E-state index in [2.05, 4.69) is 34.1 Å². The Labute approximate surface area is 148 Å². The number of aryl methyl sites for hydroxylation is 1. The predicted molar refractivity (Wildman–Crippen MR) is 99.3 cm³/mol. The van der Waals surface area contributed by atoms with Gasteiger partial charge < -0.3 is 9.80 Å². The summed E-state index contributed by atoms with van der Waals surface area (Å²) in [4.78, 5) is 13.2. The third-order valence-corrected chi connectivity index (χ3v) is 6.84. The van der Waals surface area contributed by atoms with Crippen molar-refractivity contribution in [2.24, 2.45) is 0 Å². The van der Waals surface area contributed by atoms with Gasteiger partial charge in [0.05, 0.1) is 11.5 Å². The molecule has 0 N–H and O–H groups in total. The molecular formula is C18H22N4O2S. The second-order valence-corrected chi connectivity index (χ2v) is 9.00. The highest BCUT2D eigenvalue weighted by molar-refractivity contribution is 7.91. The van der Waals surface area contributed by atoms with Crippen LogP contribution < -0.4 is 9.80 Å². The molecule has 1 fully saturated rings. The van der Waals surface area contributed by atoms with E-state index in [-0.39, 0.29) is 17.5 Å². The van der Waals surface area contributed by atoms with Crippen LogP contribution >= 0.6 is 0 Å². The molecule has 1 atom stereocenters. The van der Waals surface area contributed by atoms with E-state index in [1.807, 2.05) is 18.0 Å². The molecule has 2 aliphatic heterocycles. The van der Waals surface area contributed by atoms with Gasteiger partial charge in [0.2, 0.25) is 5.95 Å². The molecule has 3 heterocycles. The highest BCUT2D eigenvalue weighted by Gasteiger charge is 2.32. The van der Waals surface area contributed by atoms with Crippen LogP contribution in [0.15, 0.2) is 36.5 Å². The van der Waals surface area contributed by atoms with Crippen LogP contribution in [0.2, 0.25) is 0 Å². The highest BCUT2D eigenvalue weighted by atomic mass is 32.2. The summed E-state index contributed by atoms with van der Waals surface area (Å²) in [7, 11) is -1.04. The lowest BCUT2D eigenvalue weighted by Crippen LogP contribution is -2.34. The van der Waals surface area contributed by atoms with Crippen molar-refractivity contribution in [2.45, 2.75) is 25.3 Å². The number of aromatic nitrogens is 2. The normalized spacial score (nSPS) is 21.8. The fourth-order valence-corrected chi connectivity index (χ4v) is 5.45. The van der Waals surface area contributed by atoms with Gasteiger partial charge in [-0.05, 0) is 37.0 Å². The Bertz CT molecular complexity index is 884. The lowest BCUT2D eigenvalue weighted by molar-refractivity contribution is 0.600. The molecule has 0 saturated carbocycles. The molecule has 2 aliphatic rings. The molecule has 132 valence electrons. The second-order valence-electron chi connectivity index (χ2n) is 6.77. The minimum atomic E-state index is -2.93. The number of benzene rings is 1. The Balaban J connectivity index is 1.63. The molecule has 1 aromatic heterocycles. The van der Waals surface area contributed by atoms with Gasteiger partial charge in [0, 0.05) is 31.5 Å². The van der Waals surface area contributed by atoms with Gasteiger partial charge in [0.15, 0.2) is 9.84 Å². The van der Waals surface area contributed by atoms with Crippen LogP contribution in [0.4, 0.5) is 17.5 Å². The van der Waals surface area contributed by atoms with Crippen LogP contribution in [-0.2, 0) is 16.3 Å². The Morgan fingerprint density at radius 1 is 1.24 bits per heavy atom. The van der Waals surface area contributed by atoms with Crippen LogP contribution in [0, 0.1) is 0 Å². The van der Waals surface area contributed by atoms with Crippen LogP contribution in [-0.4, -0.2) is 49.5 Å². The van der Waals surface area contributed by atoms with E-state index in [0.29, 0.717) is 12.4 Å². The molecule has 1 unspecified atom stereocenters. The van der Waals surface area contributed by atoms with E-state index in [1.165, 1.54) is 11.3 Å². The molecule has 0 aliphatic carbocycles.